The SMILES string of the molecule is O=S(=O)(O)OC[C@H]1O[C@@H](O)[C@H](OS(=O)(=O)O)[C@@H](O[C@@H]2O[C@H](COS(=O)(=O)O)[C@@H](OS(=O)(=O)O)[C@H](O[C@@H]3O[C@H](COS(=O)(=O)O)[C@@H](OS(=O)(=O)O)[C@H](O[C@@H]4O[C@H](COS(=O)(=O)O)[C@@H](OS(=O)(=O)O)[C@H](OS(=O)(=O)O)[C@H]4OS(=O)(=O)O)[C@H]3OS(=O)(=O)O)[C@H]2OS(=O)(=O)O)[C@@H]1OS(=O)(=O)O. The van der Waals surface area contributed by atoms with Gasteiger partial charge in [0, 0.05) is 0 Å². The first-order valence-corrected chi connectivity index (χ1v) is 40.4. The van der Waals surface area contributed by atoms with E-state index in [-0.39, 0.29) is 0 Å². The highest BCUT2D eigenvalue weighted by Crippen LogP contribution is 2.42. The molecular weight excluding hydrogens is 1670 g/mol. The molecule has 20 atom stereocenters. The first-order chi connectivity index (χ1) is 43.0. The van der Waals surface area contributed by atoms with Crippen LogP contribution in [0.2, 0.25) is 0 Å². The van der Waals surface area contributed by atoms with Crippen molar-refractivity contribution < 1.29 is 261 Å². The highest BCUT2D eigenvalue weighted by atomic mass is 32.3. The molecule has 576 valence electrons. The standard InChI is InChI=1S/C24H42O60S13/c25-21-17(81-94(53,54)55)13(9(76-89(38,39)40)5(69-21)1-65-85(26,27)28)73-22-18(82-95(56,57)58)14(10(77-90(41,42)43)6(70-22)2-66-86(29,30)31)74-23-19(83-96(59,60)61)15(11(78-91(44,45)46)7(71-23)3-67-87(32,33)34)75-24-20(84-97(62,63)64)16(80-93(50,51)52)12(79-92(47,48)49)8(72-24)4-68-88(35,36)37/h5-25H,1-4H2,(H,26,27,28)(H,29,30,31)(H,32,33,34)(H,35,36,37)(H,38,39,40)(H,41,42,43)(H,44,45,46)(H,47,48,49)(H,50,51,52)(H,53,54,55)(H,56,57,58)(H,59,60,61)(H,62,63,64)/t5-,6-,7-,8-,9-,10-,11-,12-,13+,14+,15+,16+,17-,18-,19-,20-,21-,22+,23+,24+/m1/s1. The summed E-state index contributed by atoms with van der Waals surface area (Å²) in [6, 6.07) is 0. The van der Waals surface area contributed by atoms with Crippen molar-refractivity contribution in [2.75, 3.05) is 26.4 Å². The molecule has 97 heavy (non-hydrogen) atoms. The van der Waals surface area contributed by atoms with Crippen molar-refractivity contribution >= 4 is 135 Å². The van der Waals surface area contributed by atoms with Crippen LogP contribution in [-0.4, -0.2) is 323 Å². The van der Waals surface area contributed by atoms with Crippen LogP contribution in [0.15, 0.2) is 0 Å². The number of hydrogen-bond acceptors (Lipinski definition) is 47. The van der Waals surface area contributed by atoms with Crippen LogP contribution in [-0.2, 0) is 223 Å². The molecule has 4 aliphatic rings. The molecule has 0 aromatic carbocycles. The third-order valence-electron chi connectivity index (χ3n) is 10.9. The first-order valence-electron chi connectivity index (χ1n) is 22.7. The quantitative estimate of drug-likeness (QED) is 0.0259. The van der Waals surface area contributed by atoms with Crippen LogP contribution in [0.3, 0.4) is 0 Å². The van der Waals surface area contributed by atoms with Gasteiger partial charge in [-0.15, -0.1) is 0 Å². The van der Waals surface area contributed by atoms with Gasteiger partial charge in [0.05, 0.1) is 26.4 Å². The smallest absolute Gasteiger partial charge is 0.366 e. The molecule has 0 unspecified atom stereocenters. The number of aliphatic hydroxyl groups excluding tert-OH is 1. The molecule has 0 amide bonds. The Labute approximate surface area is 542 Å². The maximum absolute atomic E-state index is 12.9. The van der Waals surface area contributed by atoms with Crippen molar-refractivity contribution in [2.24, 2.45) is 0 Å². The number of ether oxygens (including phenoxy) is 7. The molecule has 4 saturated heterocycles. The summed E-state index contributed by atoms with van der Waals surface area (Å²) in [5.41, 5.74) is 0. The van der Waals surface area contributed by atoms with Crippen molar-refractivity contribution in [3.05, 3.63) is 0 Å². The number of hydrogen-bond donors (Lipinski definition) is 14. The summed E-state index contributed by atoms with van der Waals surface area (Å²) in [5.74, 6) is 0. The van der Waals surface area contributed by atoms with E-state index in [1.165, 1.54) is 0 Å². The van der Waals surface area contributed by atoms with E-state index >= 15 is 0 Å². The van der Waals surface area contributed by atoms with Crippen molar-refractivity contribution in [1.82, 2.24) is 0 Å². The van der Waals surface area contributed by atoms with Crippen LogP contribution in [0.1, 0.15) is 0 Å². The summed E-state index contributed by atoms with van der Waals surface area (Å²) in [5, 5.41) is 10.9. The zero-order valence-electron chi connectivity index (χ0n) is 44.7. The second-order valence-electron chi connectivity index (χ2n) is 17.7. The van der Waals surface area contributed by atoms with Gasteiger partial charge in [-0.25, -0.2) is 54.4 Å². The molecule has 14 N–H and O–H groups in total. The Hall–Kier alpha value is -2.01. The Morgan fingerprint density at radius 3 is 0.588 bits per heavy atom. The molecule has 0 aliphatic carbocycles. The average Bonchev–Trinajstić information content (AvgIpc) is 0.757. The lowest BCUT2D eigenvalue weighted by molar-refractivity contribution is -0.379. The average molecular weight is 1710 g/mol. The summed E-state index contributed by atoms with van der Waals surface area (Å²) in [7, 11) is -83.6. The van der Waals surface area contributed by atoms with Crippen molar-refractivity contribution in [3.63, 3.8) is 0 Å². The third-order valence-corrected chi connectivity index (χ3v) is 16.8. The molecule has 0 radical (unpaired) electrons. The third kappa shape index (κ3) is 31.5. The lowest BCUT2D eigenvalue weighted by atomic mass is 9.95. The number of rotatable bonds is 36. The largest absolute Gasteiger partial charge is 0.397 e. The lowest BCUT2D eigenvalue weighted by Gasteiger charge is -2.50. The second kappa shape index (κ2) is 31.8. The minimum Gasteiger partial charge on any atom is -0.366 e. The van der Waals surface area contributed by atoms with E-state index in [9.17, 15) is 174 Å². The first kappa shape index (κ1) is 87.4. The van der Waals surface area contributed by atoms with E-state index in [2.05, 4.69) is 54.4 Å². The maximum Gasteiger partial charge on any atom is 0.397 e. The molecule has 4 rings (SSSR count). The molecule has 0 bridgehead atoms. The highest BCUT2D eigenvalue weighted by molar-refractivity contribution is 7.83. The molecule has 60 nitrogen and oxygen atoms in total. The van der Waals surface area contributed by atoms with Gasteiger partial charge < -0.3 is 38.3 Å². The number of aliphatic hydroxyl groups is 1. The van der Waals surface area contributed by atoms with Gasteiger partial charge in [0.25, 0.3) is 0 Å². The van der Waals surface area contributed by atoms with E-state index in [1.807, 2.05) is 0 Å². The molecule has 4 aliphatic heterocycles. The normalized spacial score (nSPS) is 33.1. The van der Waals surface area contributed by atoms with E-state index in [0.29, 0.717) is 0 Å². The van der Waals surface area contributed by atoms with E-state index in [1.54, 1.807) is 0 Å². The van der Waals surface area contributed by atoms with E-state index in [4.69, 9.17) is 33.2 Å². The van der Waals surface area contributed by atoms with Crippen LogP contribution in [0.5, 0.6) is 0 Å². The van der Waals surface area contributed by atoms with Crippen molar-refractivity contribution in [1.29, 1.82) is 0 Å². The highest BCUT2D eigenvalue weighted by Gasteiger charge is 2.63. The fourth-order valence-electron chi connectivity index (χ4n) is 8.19. The fraction of sp³-hybridized carbons (Fsp3) is 1.00. The molecule has 4 heterocycles. The van der Waals surface area contributed by atoms with Crippen LogP contribution >= 0.6 is 0 Å². The van der Waals surface area contributed by atoms with Gasteiger partial charge >= 0.3 is 135 Å². The predicted molar refractivity (Wildman–Crippen MR) is 269 cm³/mol. The summed E-state index contributed by atoms with van der Waals surface area (Å²) in [6.45, 7) is -9.05. The maximum atomic E-state index is 12.9. The summed E-state index contributed by atoms with van der Waals surface area (Å²) >= 11 is 0. The molecular formula is C24H42O60S13. The molecule has 0 aromatic heterocycles. The Morgan fingerprint density at radius 2 is 0.371 bits per heavy atom. The van der Waals surface area contributed by atoms with Crippen molar-refractivity contribution in [3.8, 4) is 0 Å². The van der Waals surface area contributed by atoms with Gasteiger partial charge in [0.2, 0.25) is 0 Å². The van der Waals surface area contributed by atoms with Crippen LogP contribution in [0, 0.1) is 0 Å². The van der Waals surface area contributed by atoms with E-state index < -0.39 is 284 Å². The minimum atomic E-state index is -6.86. The topological polar surface area (TPSA) is 912 Å². The molecule has 4 fully saturated rings. The zero-order valence-corrected chi connectivity index (χ0v) is 55.3. The van der Waals surface area contributed by atoms with Crippen LogP contribution in [0.25, 0.3) is 0 Å². The van der Waals surface area contributed by atoms with Crippen molar-refractivity contribution in [2.45, 2.75) is 123 Å². The molecule has 0 spiro atoms. The zero-order chi connectivity index (χ0) is 75.0. The minimum absolute atomic E-state index is 2.03. The second-order valence-corrected chi connectivity index (χ2v) is 31.5. The monoisotopic (exact) mass is 1710 g/mol. The summed E-state index contributed by atoms with van der Waals surface area (Å²) < 4.78 is 536. The Morgan fingerprint density at radius 1 is 0.206 bits per heavy atom. The molecule has 0 saturated carbocycles. The van der Waals surface area contributed by atoms with Crippen LogP contribution < -0.4 is 0 Å². The van der Waals surface area contributed by atoms with Gasteiger partial charge in [-0.1, -0.05) is 0 Å². The molecule has 73 heteroatoms. The fourth-order valence-corrected chi connectivity index (χ4v) is 13.9. The predicted octanol–water partition coefficient (Wildman–Crippen LogP) is -12.0. The van der Waals surface area contributed by atoms with Crippen LogP contribution in [0.4, 0.5) is 0 Å². The van der Waals surface area contributed by atoms with Gasteiger partial charge in [-0.3, -0.25) is 59.2 Å². The van der Waals surface area contributed by atoms with Gasteiger partial charge in [-0.2, -0.15) is 109 Å². The Bertz CT molecular complexity index is 4320. The molecule has 0 aromatic rings. The van der Waals surface area contributed by atoms with Gasteiger partial charge in [-0.05, 0) is 0 Å². The lowest BCUT2D eigenvalue weighted by Crippen LogP contribution is -2.70. The Kier molecular flexibility index (Phi) is 28.6. The van der Waals surface area contributed by atoms with Gasteiger partial charge in [0.15, 0.2) is 49.6 Å². The van der Waals surface area contributed by atoms with Gasteiger partial charge in [0.1, 0.15) is 73.2 Å². The Balaban J connectivity index is 2.28. The van der Waals surface area contributed by atoms with E-state index in [0.717, 1.165) is 0 Å². The summed E-state index contributed by atoms with van der Waals surface area (Å²) in [6.07, 6.45) is -73.2. The summed E-state index contributed by atoms with van der Waals surface area (Å²) in [4.78, 5) is 0.